The summed E-state index contributed by atoms with van der Waals surface area (Å²) < 4.78 is 1.04. The van der Waals surface area contributed by atoms with Crippen LogP contribution in [0.25, 0.3) is 0 Å². The molecule has 0 saturated carbocycles. The van der Waals surface area contributed by atoms with Crippen LogP contribution in [0.3, 0.4) is 0 Å². The molecule has 0 amide bonds. The van der Waals surface area contributed by atoms with Crippen LogP contribution in [-0.4, -0.2) is 12.8 Å². The van der Waals surface area contributed by atoms with Crippen LogP contribution < -0.4 is 5.46 Å². The van der Waals surface area contributed by atoms with Gasteiger partial charge in [-0.25, -0.2) is 0 Å². The molecule has 0 unspecified atom stereocenters. The van der Waals surface area contributed by atoms with Crippen molar-refractivity contribution >= 4 is 29.2 Å². The lowest BCUT2D eigenvalue weighted by atomic mass is 9.99. The Morgan fingerprint density at radius 1 is 1.50 bits per heavy atom. The predicted octanol–water partition coefficient (Wildman–Crippen LogP) is 0.103. The standard InChI is InChI=1S/C5H5BBrN/c6-4-1-5(7)3-8-2-4/h1-3H,6H2. The normalized spacial score (nSPS) is 9.12. The van der Waals surface area contributed by atoms with Gasteiger partial charge in [-0.1, -0.05) is 11.5 Å². The molecule has 8 heavy (non-hydrogen) atoms. The monoisotopic (exact) mass is 169 g/mol. The molecule has 0 aliphatic heterocycles. The van der Waals surface area contributed by atoms with E-state index in [2.05, 4.69) is 20.9 Å². The molecule has 1 heterocycles. The summed E-state index contributed by atoms with van der Waals surface area (Å²) in [7, 11) is 2.01. The maximum atomic E-state index is 3.94. The van der Waals surface area contributed by atoms with Crippen LogP contribution in [0.5, 0.6) is 0 Å². The summed E-state index contributed by atoms with van der Waals surface area (Å²) in [6, 6.07) is 2.02. The van der Waals surface area contributed by atoms with Crippen LogP contribution in [0, 0.1) is 0 Å². The van der Waals surface area contributed by atoms with Crippen molar-refractivity contribution in [3.8, 4) is 0 Å². The van der Waals surface area contributed by atoms with Gasteiger partial charge >= 0.3 is 0 Å². The molecule has 0 radical (unpaired) electrons. The predicted molar refractivity (Wildman–Crippen MR) is 40.1 cm³/mol. The first-order valence-electron chi connectivity index (χ1n) is 2.36. The van der Waals surface area contributed by atoms with E-state index in [1.807, 2.05) is 20.1 Å². The van der Waals surface area contributed by atoms with Gasteiger partial charge in [-0.05, 0) is 15.9 Å². The summed E-state index contributed by atoms with van der Waals surface area (Å²) in [5.74, 6) is 0. The number of rotatable bonds is 0. The number of aromatic nitrogens is 1. The van der Waals surface area contributed by atoms with Crippen molar-refractivity contribution in [2.45, 2.75) is 0 Å². The first-order chi connectivity index (χ1) is 3.79. The maximum Gasteiger partial charge on any atom is 0.141 e. The number of halogens is 1. The van der Waals surface area contributed by atoms with Crippen LogP contribution in [0.4, 0.5) is 0 Å². The number of hydrogen-bond donors (Lipinski definition) is 0. The second-order valence-corrected chi connectivity index (χ2v) is 2.60. The average Bonchev–Trinajstić information content (AvgIpc) is 1.64. The topological polar surface area (TPSA) is 12.9 Å². The third kappa shape index (κ3) is 1.34. The Labute approximate surface area is 57.7 Å². The molecule has 3 heteroatoms. The molecular weight excluding hydrogens is 165 g/mol. The van der Waals surface area contributed by atoms with Crippen molar-refractivity contribution in [2.75, 3.05) is 0 Å². The van der Waals surface area contributed by atoms with Crippen LogP contribution >= 0.6 is 15.9 Å². The highest BCUT2D eigenvalue weighted by Crippen LogP contribution is 2.01. The van der Waals surface area contributed by atoms with E-state index < -0.39 is 0 Å². The van der Waals surface area contributed by atoms with Crippen molar-refractivity contribution in [3.63, 3.8) is 0 Å². The molecule has 1 rings (SSSR count). The Balaban J connectivity index is 3.08. The minimum atomic E-state index is 1.04. The summed E-state index contributed by atoms with van der Waals surface area (Å²) in [6.45, 7) is 0. The minimum Gasteiger partial charge on any atom is -0.264 e. The maximum absolute atomic E-state index is 3.94. The van der Waals surface area contributed by atoms with Gasteiger partial charge in [0.25, 0.3) is 0 Å². The second kappa shape index (κ2) is 2.31. The molecule has 0 aromatic carbocycles. The third-order valence-electron chi connectivity index (χ3n) is 0.842. The van der Waals surface area contributed by atoms with E-state index in [1.54, 1.807) is 6.20 Å². The van der Waals surface area contributed by atoms with E-state index >= 15 is 0 Å². The fraction of sp³-hybridized carbons (Fsp3) is 0. The minimum absolute atomic E-state index is 1.04. The molecule has 0 atom stereocenters. The highest BCUT2D eigenvalue weighted by atomic mass is 79.9. The molecule has 1 aromatic heterocycles. The largest absolute Gasteiger partial charge is 0.264 e. The molecule has 0 spiro atoms. The average molecular weight is 170 g/mol. The van der Waals surface area contributed by atoms with Crippen molar-refractivity contribution in [2.24, 2.45) is 0 Å². The molecular formula is C5H5BBrN. The van der Waals surface area contributed by atoms with E-state index in [4.69, 9.17) is 0 Å². The van der Waals surface area contributed by atoms with Gasteiger partial charge in [0, 0.05) is 16.9 Å². The Kier molecular flexibility index (Phi) is 1.68. The molecule has 1 aromatic rings. The first-order valence-corrected chi connectivity index (χ1v) is 3.15. The van der Waals surface area contributed by atoms with E-state index in [-0.39, 0.29) is 0 Å². The summed E-state index contributed by atoms with van der Waals surface area (Å²) in [5, 5.41) is 0. The zero-order chi connectivity index (χ0) is 5.98. The van der Waals surface area contributed by atoms with Gasteiger partial charge in [0.1, 0.15) is 7.85 Å². The Hall–Kier alpha value is -0.305. The molecule has 0 aliphatic rings. The summed E-state index contributed by atoms with van der Waals surface area (Å²) >= 11 is 3.30. The fourth-order valence-corrected chi connectivity index (χ4v) is 0.997. The van der Waals surface area contributed by atoms with E-state index in [0.717, 1.165) is 4.47 Å². The molecule has 0 N–H and O–H groups in total. The zero-order valence-corrected chi connectivity index (χ0v) is 6.14. The summed E-state index contributed by atoms with van der Waals surface area (Å²) in [4.78, 5) is 3.94. The Morgan fingerprint density at radius 3 is 2.62 bits per heavy atom. The van der Waals surface area contributed by atoms with Crippen molar-refractivity contribution < 1.29 is 0 Å². The lowest BCUT2D eigenvalue weighted by Gasteiger charge is -1.88. The highest BCUT2D eigenvalue weighted by molar-refractivity contribution is 9.10. The van der Waals surface area contributed by atoms with Crippen LogP contribution in [-0.2, 0) is 0 Å². The Morgan fingerprint density at radius 2 is 2.25 bits per heavy atom. The van der Waals surface area contributed by atoms with Gasteiger partial charge in [-0.2, -0.15) is 0 Å². The molecule has 1 nitrogen and oxygen atoms in total. The smallest absolute Gasteiger partial charge is 0.141 e. The van der Waals surface area contributed by atoms with Crippen molar-refractivity contribution in [3.05, 3.63) is 22.9 Å². The lowest BCUT2D eigenvalue weighted by Crippen LogP contribution is -2.00. The van der Waals surface area contributed by atoms with E-state index in [0.29, 0.717) is 0 Å². The first kappa shape index (κ1) is 5.82. The third-order valence-corrected chi connectivity index (χ3v) is 1.28. The number of hydrogen-bond acceptors (Lipinski definition) is 1. The second-order valence-electron chi connectivity index (χ2n) is 1.68. The van der Waals surface area contributed by atoms with Gasteiger partial charge in [0.2, 0.25) is 0 Å². The highest BCUT2D eigenvalue weighted by Gasteiger charge is 1.83. The van der Waals surface area contributed by atoms with Gasteiger partial charge in [0.05, 0.1) is 0 Å². The summed E-state index contributed by atoms with van der Waals surface area (Å²) in [6.07, 6.45) is 3.60. The molecule has 40 valence electrons. The Bertz CT molecular complexity index is 172. The molecule has 0 aliphatic carbocycles. The fourth-order valence-electron chi connectivity index (χ4n) is 0.518. The van der Waals surface area contributed by atoms with Crippen molar-refractivity contribution in [1.29, 1.82) is 0 Å². The number of pyridine rings is 1. The molecule has 0 saturated heterocycles. The van der Waals surface area contributed by atoms with Crippen LogP contribution in [0.1, 0.15) is 0 Å². The van der Waals surface area contributed by atoms with Crippen LogP contribution in [0.2, 0.25) is 0 Å². The molecule has 0 bridgehead atoms. The SMILES string of the molecule is Bc1cncc(Br)c1. The van der Waals surface area contributed by atoms with E-state index in [1.165, 1.54) is 5.46 Å². The zero-order valence-electron chi connectivity index (χ0n) is 4.56. The summed E-state index contributed by atoms with van der Waals surface area (Å²) in [5.41, 5.74) is 1.18. The van der Waals surface area contributed by atoms with Gasteiger partial charge in [-0.3, -0.25) is 4.98 Å². The lowest BCUT2D eigenvalue weighted by molar-refractivity contribution is 1.33. The van der Waals surface area contributed by atoms with Crippen molar-refractivity contribution in [1.82, 2.24) is 4.98 Å². The van der Waals surface area contributed by atoms with Gasteiger partial charge in [0.15, 0.2) is 0 Å². The molecule has 0 fully saturated rings. The number of nitrogens with zero attached hydrogens (tertiary/aromatic N) is 1. The van der Waals surface area contributed by atoms with Gasteiger partial charge in [-0.15, -0.1) is 0 Å². The van der Waals surface area contributed by atoms with Gasteiger partial charge < -0.3 is 0 Å². The quantitative estimate of drug-likeness (QED) is 0.503. The van der Waals surface area contributed by atoms with E-state index in [9.17, 15) is 0 Å². The van der Waals surface area contributed by atoms with Crippen LogP contribution in [0.15, 0.2) is 22.9 Å².